The SMILES string of the molecule is CCC1OC1(C)Cl. The molecule has 1 heterocycles. The summed E-state index contributed by atoms with van der Waals surface area (Å²) in [4.78, 5) is 0. The van der Waals surface area contributed by atoms with Gasteiger partial charge in [-0.2, -0.15) is 0 Å². The van der Waals surface area contributed by atoms with E-state index in [0.717, 1.165) is 6.42 Å². The van der Waals surface area contributed by atoms with Gasteiger partial charge in [0, 0.05) is 0 Å². The van der Waals surface area contributed by atoms with Crippen LogP contribution in [0.5, 0.6) is 0 Å². The van der Waals surface area contributed by atoms with Gasteiger partial charge in [-0.1, -0.05) is 18.5 Å². The summed E-state index contributed by atoms with van der Waals surface area (Å²) in [5, 5.41) is -0.311. The van der Waals surface area contributed by atoms with Gasteiger partial charge in [0.25, 0.3) is 0 Å². The van der Waals surface area contributed by atoms with Crippen LogP contribution < -0.4 is 0 Å². The van der Waals surface area contributed by atoms with Gasteiger partial charge in [-0.15, -0.1) is 0 Å². The van der Waals surface area contributed by atoms with Gasteiger partial charge in [-0.25, -0.2) is 0 Å². The molecule has 0 radical (unpaired) electrons. The third-order valence-corrected chi connectivity index (χ3v) is 1.59. The van der Waals surface area contributed by atoms with Gasteiger partial charge >= 0.3 is 0 Å². The summed E-state index contributed by atoms with van der Waals surface area (Å²) in [6.07, 6.45) is 1.34. The molecule has 7 heavy (non-hydrogen) atoms. The Labute approximate surface area is 48.6 Å². The van der Waals surface area contributed by atoms with Crippen molar-refractivity contribution in [2.45, 2.75) is 31.4 Å². The minimum absolute atomic E-state index is 0.311. The van der Waals surface area contributed by atoms with Crippen molar-refractivity contribution in [2.24, 2.45) is 0 Å². The largest absolute Gasteiger partial charge is 0.350 e. The molecule has 0 saturated carbocycles. The van der Waals surface area contributed by atoms with Crippen molar-refractivity contribution in [3.05, 3.63) is 0 Å². The Hall–Kier alpha value is 0.250. The molecule has 2 unspecified atom stereocenters. The van der Waals surface area contributed by atoms with E-state index in [9.17, 15) is 0 Å². The van der Waals surface area contributed by atoms with E-state index in [0.29, 0.717) is 6.10 Å². The van der Waals surface area contributed by atoms with Crippen molar-refractivity contribution in [3.8, 4) is 0 Å². The Morgan fingerprint density at radius 1 is 1.86 bits per heavy atom. The number of halogens is 1. The molecule has 1 rings (SSSR count). The standard InChI is InChI=1S/C5H9ClO/c1-3-4-5(2,6)7-4/h4H,3H2,1-2H3. The number of rotatable bonds is 1. The summed E-state index contributed by atoms with van der Waals surface area (Å²) in [5.74, 6) is 0. The van der Waals surface area contributed by atoms with E-state index in [4.69, 9.17) is 16.3 Å². The van der Waals surface area contributed by atoms with Gasteiger partial charge in [0.1, 0.15) is 6.10 Å². The molecular formula is C5H9ClO. The molecule has 1 aliphatic rings. The van der Waals surface area contributed by atoms with Crippen molar-refractivity contribution in [1.82, 2.24) is 0 Å². The maximum absolute atomic E-state index is 5.69. The number of epoxide rings is 1. The summed E-state index contributed by atoms with van der Waals surface area (Å²) < 4.78 is 5.02. The Bertz CT molecular complexity index is 80.1. The zero-order chi connectivity index (χ0) is 5.49. The third-order valence-electron chi connectivity index (χ3n) is 1.26. The smallest absolute Gasteiger partial charge is 0.165 e. The van der Waals surface area contributed by atoms with Gasteiger partial charge in [0.2, 0.25) is 0 Å². The molecule has 0 spiro atoms. The van der Waals surface area contributed by atoms with E-state index in [-0.39, 0.29) is 5.06 Å². The molecule has 0 aromatic heterocycles. The lowest BCUT2D eigenvalue weighted by molar-refractivity contribution is 0.358. The third kappa shape index (κ3) is 0.892. The lowest BCUT2D eigenvalue weighted by Gasteiger charge is -1.84. The molecule has 1 nitrogen and oxygen atoms in total. The molecule has 1 saturated heterocycles. The van der Waals surface area contributed by atoms with Gasteiger partial charge < -0.3 is 4.74 Å². The molecule has 0 aliphatic carbocycles. The van der Waals surface area contributed by atoms with Crippen LogP contribution in [0.1, 0.15) is 20.3 Å². The van der Waals surface area contributed by atoms with Crippen LogP contribution in [0.25, 0.3) is 0 Å². The van der Waals surface area contributed by atoms with E-state index < -0.39 is 0 Å². The van der Waals surface area contributed by atoms with Crippen LogP contribution in [0.2, 0.25) is 0 Å². The van der Waals surface area contributed by atoms with Gasteiger partial charge in [-0.05, 0) is 13.3 Å². The Kier molecular flexibility index (Phi) is 1.05. The van der Waals surface area contributed by atoms with Crippen molar-refractivity contribution < 1.29 is 4.74 Å². The van der Waals surface area contributed by atoms with Crippen LogP contribution in [0, 0.1) is 0 Å². The molecule has 2 heteroatoms. The lowest BCUT2D eigenvalue weighted by Crippen LogP contribution is -1.95. The first-order valence-electron chi connectivity index (χ1n) is 2.53. The van der Waals surface area contributed by atoms with E-state index >= 15 is 0 Å². The predicted molar refractivity (Wildman–Crippen MR) is 29.4 cm³/mol. The molecule has 0 bridgehead atoms. The zero-order valence-electron chi connectivity index (χ0n) is 4.57. The Morgan fingerprint density at radius 2 is 2.29 bits per heavy atom. The first kappa shape index (κ1) is 5.39. The average molecular weight is 121 g/mol. The first-order valence-corrected chi connectivity index (χ1v) is 2.91. The minimum Gasteiger partial charge on any atom is -0.350 e. The van der Waals surface area contributed by atoms with Crippen molar-refractivity contribution >= 4 is 11.6 Å². The summed E-state index contributed by atoms with van der Waals surface area (Å²) >= 11 is 5.69. The van der Waals surface area contributed by atoms with Gasteiger partial charge in [0.15, 0.2) is 5.06 Å². The summed E-state index contributed by atoms with van der Waals surface area (Å²) in [6, 6.07) is 0. The van der Waals surface area contributed by atoms with Crippen molar-refractivity contribution in [2.75, 3.05) is 0 Å². The fourth-order valence-corrected chi connectivity index (χ4v) is 0.954. The molecule has 0 aromatic rings. The fraction of sp³-hybridized carbons (Fsp3) is 1.00. The quantitative estimate of drug-likeness (QED) is 0.380. The maximum Gasteiger partial charge on any atom is 0.165 e. The monoisotopic (exact) mass is 120 g/mol. The highest BCUT2D eigenvalue weighted by atomic mass is 35.5. The van der Waals surface area contributed by atoms with Crippen LogP contribution in [0.4, 0.5) is 0 Å². The summed E-state index contributed by atoms with van der Waals surface area (Å²) in [7, 11) is 0. The zero-order valence-corrected chi connectivity index (χ0v) is 5.33. The van der Waals surface area contributed by atoms with E-state index in [1.165, 1.54) is 0 Å². The normalized spacial score (nSPS) is 49.3. The highest BCUT2D eigenvalue weighted by molar-refractivity contribution is 6.24. The average Bonchev–Trinajstić information content (AvgIpc) is 2.13. The Morgan fingerprint density at radius 3 is 2.29 bits per heavy atom. The van der Waals surface area contributed by atoms with E-state index in [1.54, 1.807) is 0 Å². The number of alkyl halides is 1. The predicted octanol–water partition coefficient (Wildman–Crippen LogP) is 1.75. The van der Waals surface area contributed by atoms with Crippen LogP contribution in [0.3, 0.4) is 0 Å². The molecule has 0 N–H and O–H groups in total. The molecular weight excluding hydrogens is 112 g/mol. The molecule has 2 atom stereocenters. The van der Waals surface area contributed by atoms with Crippen molar-refractivity contribution in [3.63, 3.8) is 0 Å². The molecule has 0 aromatic carbocycles. The number of hydrogen-bond donors (Lipinski definition) is 0. The highest BCUT2D eigenvalue weighted by Gasteiger charge is 2.49. The molecule has 1 fully saturated rings. The van der Waals surface area contributed by atoms with Crippen LogP contribution in [-0.2, 0) is 4.74 Å². The van der Waals surface area contributed by atoms with E-state index in [2.05, 4.69) is 6.92 Å². The second kappa shape index (κ2) is 1.36. The van der Waals surface area contributed by atoms with Crippen LogP contribution in [0.15, 0.2) is 0 Å². The highest BCUT2D eigenvalue weighted by Crippen LogP contribution is 2.41. The van der Waals surface area contributed by atoms with Crippen LogP contribution >= 0.6 is 11.6 Å². The first-order chi connectivity index (χ1) is 3.17. The second-order valence-electron chi connectivity index (χ2n) is 2.00. The molecule has 42 valence electrons. The van der Waals surface area contributed by atoms with Gasteiger partial charge in [0.05, 0.1) is 0 Å². The topological polar surface area (TPSA) is 12.5 Å². The van der Waals surface area contributed by atoms with Gasteiger partial charge in [-0.3, -0.25) is 0 Å². The fourth-order valence-electron chi connectivity index (χ4n) is 0.692. The number of ether oxygens (including phenoxy) is 1. The summed E-state index contributed by atoms with van der Waals surface area (Å²) in [5.41, 5.74) is 0. The molecule has 1 aliphatic heterocycles. The molecule has 0 amide bonds. The number of hydrogen-bond acceptors (Lipinski definition) is 1. The minimum atomic E-state index is -0.311. The maximum atomic E-state index is 5.69. The lowest BCUT2D eigenvalue weighted by atomic mass is 10.3. The van der Waals surface area contributed by atoms with Crippen LogP contribution in [-0.4, -0.2) is 11.2 Å². The Balaban J connectivity index is 2.30. The van der Waals surface area contributed by atoms with E-state index in [1.807, 2.05) is 6.92 Å². The van der Waals surface area contributed by atoms with Crippen molar-refractivity contribution in [1.29, 1.82) is 0 Å². The second-order valence-corrected chi connectivity index (χ2v) is 2.75. The summed E-state index contributed by atoms with van der Waals surface area (Å²) in [6.45, 7) is 3.96.